The highest BCUT2D eigenvalue weighted by atomic mass is 19.4. The number of fused-ring (bicyclic) bond motifs is 2. The van der Waals surface area contributed by atoms with E-state index in [9.17, 15) is 18.0 Å². The third kappa shape index (κ3) is 4.16. The molecule has 11 heteroatoms. The lowest BCUT2D eigenvalue weighted by atomic mass is 10.1. The van der Waals surface area contributed by atoms with Crippen LogP contribution in [0.25, 0.3) is 21.8 Å². The molecule has 0 radical (unpaired) electrons. The second kappa shape index (κ2) is 8.12. The number of halogens is 3. The second-order valence-electron chi connectivity index (χ2n) is 8.23. The highest BCUT2D eigenvalue weighted by molar-refractivity contribution is 5.93. The number of hydrogen-bond donors (Lipinski definition) is 2. The first-order valence-electron chi connectivity index (χ1n) is 10.6. The van der Waals surface area contributed by atoms with Crippen molar-refractivity contribution in [1.82, 2.24) is 24.3 Å². The average molecular weight is 479 g/mol. The fourth-order valence-electron chi connectivity index (χ4n) is 3.93. The number of anilines is 4. The highest BCUT2D eigenvalue weighted by Crippen LogP contribution is 2.29. The summed E-state index contributed by atoms with van der Waals surface area (Å²) in [6, 6.07) is 10.9. The molecule has 5 rings (SSSR count). The van der Waals surface area contributed by atoms with E-state index >= 15 is 0 Å². The molecule has 3 heterocycles. The molecule has 35 heavy (non-hydrogen) atoms. The Hall–Kier alpha value is -4.41. The minimum absolute atomic E-state index is 0.296. The van der Waals surface area contributed by atoms with E-state index in [1.807, 2.05) is 32.0 Å². The van der Waals surface area contributed by atoms with Gasteiger partial charge in [0.1, 0.15) is 0 Å². The molecule has 0 unspecified atom stereocenters. The Morgan fingerprint density at radius 2 is 1.71 bits per heavy atom. The maximum atomic E-state index is 12.7. The Kier molecular flexibility index (Phi) is 5.19. The Labute approximate surface area is 197 Å². The molecule has 178 valence electrons. The van der Waals surface area contributed by atoms with Crippen molar-refractivity contribution < 1.29 is 18.0 Å². The normalized spacial score (nSPS) is 11.8. The molecule has 0 aliphatic rings. The van der Waals surface area contributed by atoms with Crippen LogP contribution in [0.5, 0.6) is 0 Å². The molecule has 0 atom stereocenters. The number of carbonyl (C=O) groups is 1. The van der Waals surface area contributed by atoms with Crippen LogP contribution in [0.4, 0.5) is 36.3 Å². The maximum Gasteiger partial charge on any atom is 0.472 e. The summed E-state index contributed by atoms with van der Waals surface area (Å²) in [6.45, 7) is 4.03. The molecule has 2 N–H and O–H groups in total. The van der Waals surface area contributed by atoms with Crippen LogP contribution >= 0.6 is 0 Å². The molecule has 0 bridgehead atoms. The van der Waals surface area contributed by atoms with Gasteiger partial charge in [0.15, 0.2) is 11.5 Å². The van der Waals surface area contributed by atoms with Crippen molar-refractivity contribution in [2.75, 3.05) is 10.6 Å². The van der Waals surface area contributed by atoms with E-state index in [0.717, 1.165) is 34.6 Å². The first kappa shape index (κ1) is 22.4. The number of nitrogens with zero attached hydrogens (tertiary/aromatic N) is 5. The summed E-state index contributed by atoms with van der Waals surface area (Å²) in [6.07, 6.45) is -0.996. The van der Waals surface area contributed by atoms with E-state index in [2.05, 4.69) is 25.7 Å². The number of alkyl halides is 3. The van der Waals surface area contributed by atoms with Crippen LogP contribution in [-0.2, 0) is 7.05 Å². The SMILES string of the molecule is Cc1cccc(C)c1Nc1nn(C)c2nc(Nc3ccc4cn(C(=O)C(F)(F)F)cc4c3)ncc12. The number of aryl methyl sites for hydroxylation is 3. The van der Waals surface area contributed by atoms with Gasteiger partial charge in [0, 0.05) is 42.4 Å². The minimum atomic E-state index is -4.95. The lowest BCUT2D eigenvalue weighted by Gasteiger charge is -2.10. The van der Waals surface area contributed by atoms with Crippen LogP contribution in [0.1, 0.15) is 15.9 Å². The summed E-state index contributed by atoms with van der Waals surface area (Å²) in [5.74, 6) is -1.02. The number of hydrogen-bond acceptors (Lipinski definition) is 6. The summed E-state index contributed by atoms with van der Waals surface area (Å²) < 4.78 is 40.4. The van der Waals surface area contributed by atoms with Gasteiger partial charge >= 0.3 is 12.1 Å². The fourth-order valence-corrected chi connectivity index (χ4v) is 3.93. The van der Waals surface area contributed by atoms with Gasteiger partial charge in [-0.2, -0.15) is 23.3 Å². The van der Waals surface area contributed by atoms with Crippen molar-refractivity contribution >= 4 is 50.9 Å². The molecule has 0 saturated heterocycles. The predicted octanol–water partition coefficient (Wildman–Crippen LogP) is 5.62. The van der Waals surface area contributed by atoms with Crippen LogP contribution in [0, 0.1) is 13.8 Å². The molecule has 0 saturated carbocycles. The lowest BCUT2D eigenvalue weighted by molar-refractivity contribution is -0.0945. The smallest absolute Gasteiger partial charge is 0.338 e. The van der Waals surface area contributed by atoms with Crippen molar-refractivity contribution in [3.8, 4) is 0 Å². The van der Waals surface area contributed by atoms with Gasteiger partial charge in [-0.15, -0.1) is 0 Å². The van der Waals surface area contributed by atoms with E-state index in [0.29, 0.717) is 38.4 Å². The lowest BCUT2D eigenvalue weighted by Crippen LogP contribution is -2.27. The van der Waals surface area contributed by atoms with Crippen LogP contribution in [0.3, 0.4) is 0 Å². The topological polar surface area (TPSA) is 89.7 Å². The molecule has 0 aliphatic heterocycles. The van der Waals surface area contributed by atoms with E-state index in [1.54, 1.807) is 36.1 Å². The van der Waals surface area contributed by atoms with Gasteiger partial charge in [-0.3, -0.25) is 9.36 Å². The average Bonchev–Trinajstić information content (AvgIpc) is 3.35. The second-order valence-corrected chi connectivity index (χ2v) is 8.23. The number of benzene rings is 2. The first-order chi connectivity index (χ1) is 16.6. The van der Waals surface area contributed by atoms with Crippen molar-refractivity contribution in [2.45, 2.75) is 20.0 Å². The predicted molar refractivity (Wildman–Crippen MR) is 127 cm³/mol. The molecule has 0 aliphatic carbocycles. The number of aromatic nitrogens is 5. The van der Waals surface area contributed by atoms with Gasteiger partial charge in [0.25, 0.3) is 0 Å². The molecule has 0 spiro atoms. The molecule has 2 aromatic carbocycles. The summed E-state index contributed by atoms with van der Waals surface area (Å²) in [5, 5.41) is 12.7. The monoisotopic (exact) mass is 479 g/mol. The third-order valence-electron chi connectivity index (χ3n) is 5.68. The van der Waals surface area contributed by atoms with Crippen LogP contribution in [0.15, 0.2) is 55.0 Å². The van der Waals surface area contributed by atoms with Gasteiger partial charge in [0.2, 0.25) is 5.95 Å². The number of rotatable bonds is 4. The zero-order chi connectivity index (χ0) is 24.9. The van der Waals surface area contributed by atoms with Gasteiger partial charge in [-0.25, -0.2) is 9.67 Å². The van der Waals surface area contributed by atoms with Crippen molar-refractivity contribution in [3.63, 3.8) is 0 Å². The zero-order valence-corrected chi connectivity index (χ0v) is 19.0. The third-order valence-corrected chi connectivity index (χ3v) is 5.68. The van der Waals surface area contributed by atoms with Crippen LogP contribution < -0.4 is 10.6 Å². The molecule has 0 fully saturated rings. The number of para-hydroxylation sites is 1. The largest absolute Gasteiger partial charge is 0.472 e. The standard InChI is InChI=1S/C24H20F3N7O/c1-13-5-4-6-14(2)19(13)30-20-18-10-28-23(31-21(18)33(3)32-20)29-17-8-7-15-11-34(12-16(15)9-17)22(35)24(25,26)27/h4-12H,1-3H3,(H,30,32)(H,28,29,31). The number of nitrogens with one attached hydrogen (secondary N) is 2. The minimum Gasteiger partial charge on any atom is -0.338 e. The Morgan fingerprint density at radius 3 is 2.43 bits per heavy atom. The van der Waals surface area contributed by atoms with Gasteiger partial charge in [-0.05, 0) is 42.5 Å². The van der Waals surface area contributed by atoms with E-state index in [-0.39, 0.29) is 0 Å². The summed E-state index contributed by atoms with van der Waals surface area (Å²) >= 11 is 0. The summed E-state index contributed by atoms with van der Waals surface area (Å²) in [7, 11) is 1.78. The quantitative estimate of drug-likeness (QED) is 0.348. The van der Waals surface area contributed by atoms with Gasteiger partial charge in [0.05, 0.1) is 5.39 Å². The van der Waals surface area contributed by atoms with Gasteiger partial charge in [-0.1, -0.05) is 24.3 Å². The zero-order valence-electron chi connectivity index (χ0n) is 19.0. The molecule has 5 aromatic rings. The fraction of sp³-hybridized carbons (Fsp3) is 0.167. The Bertz CT molecular complexity index is 1580. The van der Waals surface area contributed by atoms with Crippen LogP contribution in [0.2, 0.25) is 0 Å². The highest BCUT2D eigenvalue weighted by Gasteiger charge is 2.39. The molecular weight excluding hydrogens is 459 g/mol. The van der Waals surface area contributed by atoms with Crippen molar-refractivity contribution in [1.29, 1.82) is 0 Å². The summed E-state index contributed by atoms with van der Waals surface area (Å²) in [5.41, 5.74) is 4.30. The molecule has 3 aromatic heterocycles. The Balaban J connectivity index is 1.43. The maximum absolute atomic E-state index is 12.7. The van der Waals surface area contributed by atoms with Gasteiger partial charge < -0.3 is 10.6 Å². The number of carbonyl (C=O) groups excluding carboxylic acids is 1. The van der Waals surface area contributed by atoms with Crippen molar-refractivity contribution in [2.24, 2.45) is 7.05 Å². The first-order valence-corrected chi connectivity index (χ1v) is 10.6. The van der Waals surface area contributed by atoms with E-state index in [4.69, 9.17) is 0 Å². The summed E-state index contributed by atoms with van der Waals surface area (Å²) in [4.78, 5) is 20.4. The molecule has 8 nitrogen and oxygen atoms in total. The van der Waals surface area contributed by atoms with E-state index < -0.39 is 12.1 Å². The van der Waals surface area contributed by atoms with Crippen molar-refractivity contribution in [3.05, 3.63) is 66.1 Å². The molecule has 0 amide bonds. The van der Waals surface area contributed by atoms with E-state index in [1.165, 1.54) is 0 Å². The molecular formula is C24H20F3N7O. The van der Waals surface area contributed by atoms with Crippen LogP contribution in [-0.4, -0.2) is 36.4 Å². The Morgan fingerprint density at radius 1 is 1.00 bits per heavy atom.